The Morgan fingerprint density at radius 1 is 0.830 bits per heavy atom. The van der Waals surface area contributed by atoms with Crippen molar-refractivity contribution < 1.29 is 4.79 Å². The Kier molecular flexibility index (Phi) is 8.21. The van der Waals surface area contributed by atoms with Gasteiger partial charge < -0.3 is 9.88 Å². The van der Waals surface area contributed by atoms with Crippen LogP contribution in [0.2, 0.25) is 0 Å². The molecule has 0 atom stereocenters. The first-order valence-electron chi connectivity index (χ1n) is 18.9. The maximum absolute atomic E-state index is 14.1. The molecule has 3 aliphatic carbocycles. The van der Waals surface area contributed by atoms with Crippen LogP contribution in [0.3, 0.4) is 0 Å². The van der Waals surface area contributed by atoms with E-state index in [1.54, 1.807) is 0 Å². The predicted molar refractivity (Wildman–Crippen MR) is 190 cm³/mol. The zero-order valence-corrected chi connectivity index (χ0v) is 28.9. The van der Waals surface area contributed by atoms with Crippen LogP contribution in [0, 0.1) is 23.2 Å². The van der Waals surface area contributed by atoms with Gasteiger partial charge in [-0.25, -0.2) is 0 Å². The summed E-state index contributed by atoms with van der Waals surface area (Å²) < 4.78 is 0. The minimum absolute atomic E-state index is 0.103. The summed E-state index contributed by atoms with van der Waals surface area (Å²) in [6, 6.07) is 13.9. The quantitative estimate of drug-likeness (QED) is 0.311. The molecule has 47 heavy (non-hydrogen) atoms. The Bertz CT molecular complexity index is 1680. The molecule has 0 amide bonds. The third-order valence-corrected chi connectivity index (χ3v) is 13.3. The van der Waals surface area contributed by atoms with Crippen molar-refractivity contribution in [2.75, 3.05) is 44.2 Å². The van der Waals surface area contributed by atoms with E-state index in [1.165, 1.54) is 102 Å². The van der Waals surface area contributed by atoms with Gasteiger partial charge in [0.2, 0.25) is 0 Å². The Hall–Kier alpha value is -3.14. The number of benzene rings is 2. The number of piperidine rings is 1. The fourth-order valence-corrected chi connectivity index (χ4v) is 10.5. The lowest BCUT2D eigenvalue weighted by molar-refractivity contribution is 0.0403. The van der Waals surface area contributed by atoms with Gasteiger partial charge in [-0.2, -0.15) is 5.26 Å². The Morgan fingerprint density at radius 3 is 2.11 bits per heavy atom. The number of anilines is 1. The smallest absolute Gasteiger partial charge is 0.195 e. The standard InChI is InChI=1S/C41H53N5O/c1-4-28-24-34-35(41(2,3)40-38(39(34)47)33-14-9-27(26-42)23-36(33)43-40)25-37(28)46-17-15-32(16-18-46)45-21-19-44(20-22-45)31-12-10-30(11-13-31)29-7-5-6-8-29/h9,14,23-25,29-32,43H,4-8,10-13,15-22H2,1-3H3. The van der Waals surface area contributed by atoms with Crippen LogP contribution in [0.4, 0.5) is 5.69 Å². The summed E-state index contributed by atoms with van der Waals surface area (Å²) in [6.45, 7) is 13.8. The largest absolute Gasteiger partial charge is 0.371 e. The van der Waals surface area contributed by atoms with Crippen molar-refractivity contribution in [2.45, 2.75) is 109 Å². The van der Waals surface area contributed by atoms with E-state index >= 15 is 0 Å². The third kappa shape index (κ3) is 5.42. The number of rotatable bonds is 5. The minimum atomic E-state index is -0.348. The zero-order chi connectivity index (χ0) is 32.3. The van der Waals surface area contributed by atoms with Crippen LogP contribution in [0.15, 0.2) is 30.3 Å². The highest BCUT2D eigenvalue weighted by molar-refractivity contribution is 6.20. The Morgan fingerprint density at radius 2 is 1.47 bits per heavy atom. The van der Waals surface area contributed by atoms with Crippen LogP contribution in [0.25, 0.3) is 10.9 Å². The second-order valence-electron chi connectivity index (χ2n) is 16.0. The van der Waals surface area contributed by atoms with Gasteiger partial charge in [-0.1, -0.05) is 52.5 Å². The van der Waals surface area contributed by atoms with Crippen molar-refractivity contribution in [3.8, 4) is 6.07 Å². The highest BCUT2D eigenvalue weighted by Crippen LogP contribution is 2.46. The molecule has 0 bridgehead atoms. The van der Waals surface area contributed by atoms with Crippen molar-refractivity contribution in [1.82, 2.24) is 14.8 Å². The lowest BCUT2D eigenvalue weighted by atomic mass is 9.70. The first-order chi connectivity index (χ1) is 22.9. The Balaban J connectivity index is 0.929. The van der Waals surface area contributed by atoms with Crippen molar-refractivity contribution in [3.63, 3.8) is 0 Å². The number of hydrogen-bond acceptors (Lipinski definition) is 5. The highest BCUT2D eigenvalue weighted by Gasteiger charge is 2.41. The van der Waals surface area contributed by atoms with Crippen LogP contribution in [-0.4, -0.2) is 71.9 Å². The first-order valence-corrected chi connectivity index (χ1v) is 18.9. The molecule has 2 saturated carbocycles. The lowest BCUT2D eigenvalue weighted by Crippen LogP contribution is -2.55. The number of piperazine rings is 1. The van der Waals surface area contributed by atoms with Gasteiger partial charge in [0.15, 0.2) is 5.78 Å². The average Bonchev–Trinajstić information content (AvgIpc) is 3.80. The van der Waals surface area contributed by atoms with Gasteiger partial charge in [-0.3, -0.25) is 14.6 Å². The van der Waals surface area contributed by atoms with Crippen LogP contribution in [-0.2, 0) is 11.8 Å². The van der Waals surface area contributed by atoms with E-state index in [0.29, 0.717) is 11.6 Å². The number of nitriles is 1. The number of carbonyl (C=O) groups excluding carboxylic acids is 1. The average molecular weight is 632 g/mol. The molecule has 248 valence electrons. The van der Waals surface area contributed by atoms with Crippen molar-refractivity contribution in [2.24, 2.45) is 11.8 Å². The molecule has 4 fully saturated rings. The highest BCUT2D eigenvalue weighted by atomic mass is 16.1. The number of carbonyl (C=O) groups is 1. The molecule has 0 spiro atoms. The van der Waals surface area contributed by atoms with Gasteiger partial charge in [-0.15, -0.1) is 0 Å². The Labute approximate surface area is 281 Å². The fraction of sp³-hybridized carbons (Fsp3) is 0.610. The van der Waals surface area contributed by atoms with E-state index in [1.807, 2.05) is 18.2 Å². The maximum atomic E-state index is 14.1. The van der Waals surface area contributed by atoms with Gasteiger partial charge in [-0.05, 0) is 92.2 Å². The van der Waals surface area contributed by atoms with E-state index in [0.717, 1.165) is 70.7 Å². The summed E-state index contributed by atoms with van der Waals surface area (Å²) in [7, 11) is 0. The molecular formula is C41H53N5O. The fourth-order valence-electron chi connectivity index (χ4n) is 10.5. The van der Waals surface area contributed by atoms with Gasteiger partial charge in [0.25, 0.3) is 0 Å². The van der Waals surface area contributed by atoms with Crippen molar-refractivity contribution >= 4 is 22.4 Å². The van der Waals surface area contributed by atoms with E-state index in [4.69, 9.17) is 0 Å². The molecule has 1 N–H and O–H groups in total. The monoisotopic (exact) mass is 631 g/mol. The van der Waals surface area contributed by atoms with E-state index in [-0.39, 0.29) is 11.2 Å². The molecule has 3 aromatic rings. The number of aryl methyl sites for hydroxylation is 1. The molecule has 0 unspecified atom stereocenters. The molecule has 6 nitrogen and oxygen atoms in total. The molecule has 5 aliphatic rings. The van der Waals surface area contributed by atoms with E-state index < -0.39 is 0 Å². The third-order valence-electron chi connectivity index (χ3n) is 13.3. The number of nitrogens with one attached hydrogen (secondary N) is 1. The number of nitrogens with zero attached hydrogens (tertiary/aromatic N) is 4. The molecule has 2 saturated heterocycles. The van der Waals surface area contributed by atoms with Gasteiger partial charge in [0, 0.05) is 84.6 Å². The number of H-pyrrole nitrogens is 1. The number of aromatic amines is 1. The van der Waals surface area contributed by atoms with E-state index in [9.17, 15) is 10.1 Å². The normalized spacial score (nSPS) is 26.0. The summed E-state index contributed by atoms with van der Waals surface area (Å²) in [5.74, 6) is 2.18. The van der Waals surface area contributed by atoms with Crippen molar-refractivity contribution in [3.05, 3.63) is 63.8 Å². The first kappa shape index (κ1) is 31.1. The van der Waals surface area contributed by atoms with Gasteiger partial charge in [0.1, 0.15) is 0 Å². The molecule has 0 radical (unpaired) electrons. The molecule has 6 heteroatoms. The van der Waals surface area contributed by atoms with Crippen LogP contribution in [0.1, 0.15) is 123 Å². The van der Waals surface area contributed by atoms with Gasteiger partial charge >= 0.3 is 0 Å². The number of ketones is 1. The second kappa shape index (κ2) is 12.4. The summed E-state index contributed by atoms with van der Waals surface area (Å²) >= 11 is 0. The maximum Gasteiger partial charge on any atom is 0.195 e. The topological polar surface area (TPSA) is 66.4 Å². The summed E-state index contributed by atoms with van der Waals surface area (Å²) in [4.78, 5) is 25.9. The van der Waals surface area contributed by atoms with Crippen LogP contribution >= 0.6 is 0 Å². The summed E-state index contributed by atoms with van der Waals surface area (Å²) in [5, 5.41) is 10.4. The number of hydrogen-bond donors (Lipinski definition) is 1. The summed E-state index contributed by atoms with van der Waals surface area (Å²) in [6.07, 6.45) is 15.1. The summed E-state index contributed by atoms with van der Waals surface area (Å²) in [5.41, 5.74) is 7.42. The molecule has 2 aromatic carbocycles. The molecule has 1 aromatic heterocycles. The predicted octanol–water partition coefficient (Wildman–Crippen LogP) is 7.81. The number of fused-ring (bicyclic) bond motifs is 4. The number of aromatic nitrogens is 1. The SMILES string of the molecule is CCc1cc2c(cc1N1CCC(N3CCN(C4CCC(C5CCCC5)CC4)CC3)CC1)C(C)(C)c1[nH]c3cc(C#N)ccc3c1C2=O. The second-order valence-corrected chi connectivity index (χ2v) is 16.0. The zero-order valence-electron chi connectivity index (χ0n) is 28.9. The van der Waals surface area contributed by atoms with Crippen LogP contribution < -0.4 is 4.90 Å². The molecule has 2 aliphatic heterocycles. The van der Waals surface area contributed by atoms with E-state index in [2.05, 4.69) is 58.7 Å². The lowest BCUT2D eigenvalue weighted by Gasteiger charge is -2.46. The molecule has 3 heterocycles. The van der Waals surface area contributed by atoms with Crippen molar-refractivity contribution in [1.29, 1.82) is 5.26 Å². The van der Waals surface area contributed by atoms with Gasteiger partial charge in [0.05, 0.1) is 17.2 Å². The minimum Gasteiger partial charge on any atom is -0.371 e. The molecular weight excluding hydrogens is 578 g/mol. The molecule has 8 rings (SSSR count). The van der Waals surface area contributed by atoms with Crippen LogP contribution in [0.5, 0.6) is 0 Å².